The molecular formula is C15H23N3O4. The summed E-state index contributed by atoms with van der Waals surface area (Å²) >= 11 is 0. The Morgan fingerprint density at radius 3 is 2.77 bits per heavy atom. The lowest BCUT2D eigenvalue weighted by molar-refractivity contribution is -0.0777. The number of nitrogens with one attached hydrogen (secondary N) is 1. The maximum Gasteiger partial charge on any atom is 0.328 e. The first-order chi connectivity index (χ1) is 10.2. The Kier molecular flexibility index (Phi) is 4.55. The normalized spacial score (nSPS) is 20.6. The molecule has 0 aromatic carbocycles. The Morgan fingerprint density at radius 2 is 2.18 bits per heavy atom. The molecule has 1 amide bonds. The van der Waals surface area contributed by atoms with Gasteiger partial charge in [-0.2, -0.15) is 0 Å². The summed E-state index contributed by atoms with van der Waals surface area (Å²) in [4.78, 5) is 39.9. The summed E-state index contributed by atoms with van der Waals surface area (Å²) in [5, 5.41) is 0. The minimum absolute atomic E-state index is 0.00625. The number of hydrogen-bond acceptors (Lipinski definition) is 4. The Balaban J connectivity index is 2.32. The van der Waals surface area contributed by atoms with Gasteiger partial charge in [-0.15, -0.1) is 0 Å². The van der Waals surface area contributed by atoms with Gasteiger partial charge in [0.2, 0.25) is 0 Å². The maximum atomic E-state index is 12.7. The standard InChI is InChI=1S/C15H23N3O4/c1-5-18(10-6-7-22-15(2,3)8-10)13(20)11-9-17(4)14(21)16-12(11)19/h9-10H,5-8H2,1-4H3,(H,16,19,21)/t10-/m0/s1. The fourth-order valence-corrected chi connectivity index (χ4v) is 2.90. The van der Waals surface area contributed by atoms with Gasteiger partial charge in [0.25, 0.3) is 11.5 Å². The zero-order valence-corrected chi connectivity index (χ0v) is 13.5. The third-order valence-electron chi connectivity index (χ3n) is 4.05. The van der Waals surface area contributed by atoms with Gasteiger partial charge in [0.1, 0.15) is 5.56 Å². The number of H-pyrrole nitrogens is 1. The van der Waals surface area contributed by atoms with Crippen LogP contribution >= 0.6 is 0 Å². The average molecular weight is 309 g/mol. The molecule has 1 fully saturated rings. The van der Waals surface area contributed by atoms with Crippen LogP contribution in [0.4, 0.5) is 0 Å². The van der Waals surface area contributed by atoms with E-state index in [4.69, 9.17) is 4.74 Å². The largest absolute Gasteiger partial charge is 0.375 e. The molecule has 0 spiro atoms. The molecule has 2 rings (SSSR count). The minimum atomic E-state index is -0.641. The van der Waals surface area contributed by atoms with Crippen LogP contribution in [-0.2, 0) is 11.8 Å². The lowest BCUT2D eigenvalue weighted by Gasteiger charge is -2.40. The fraction of sp³-hybridized carbons (Fsp3) is 0.667. The van der Waals surface area contributed by atoms with Gasteiger partial charge in [-0.25, -0.2) is 4.79 Å². The van der Waals surface area contributed by atoms with Crippen LogP contribution in [0.1, 0.15) is 44.0 Å². The molecule has 1 N–H and O–H groups in total. The van der Waals surface area contributed by atoms with Gasteiger partial charge < -0.3 is 14.2 Å². The topological polar surface area (TPSA) is 84.4 Å². The van der Waals surface area contributed by atoms with Crippen molar-refractivity contribution in [2.45, 2.75) is 45.3 Å². The molecular weight excluding hydrogens is 286 g/mol. The molecule has 22 heavy (non-hydrogen) atoms. The van der Waals surface area contributed by atoms with E-state index in [1.165, 1.54) is 17.8 Å². The van der Waals surface area contributed by atoms with Crippen molar-refractivity contribution in [3.8, 4) is 0 Å². The highest BCUT2D eigenvalue weighted by Gasteiger charge is 2.34. The molecule has 122 valence electrons. The molecule has 1 aromatic heterocycles. The number of carbonyl (C=O) groups excluding carboxylic acids is 1. The summed E-state index contributed by atoms with van der Waals surface area (Å²) in [5.74, 6) is -0.345. The van der Waals surface area contributed by atoms with Crippen LogP contribution in [0.25, 0.3) is 0 Å². The predicted octanol–water partition coefficient (Wildman–Crippen LogP) is 0.493. The van der Waals surface area contributed by atoms with Crippen molar-refractivity contribution < 1.29 is 9.53 Å². The number of hydrogen-bond donors (Lipinski definition) is 1. The monoisotopic (exact) mass is 309 g/mol. The number of amides is 1. The van der Waals surface area contributed by atoms with E-state index in [1.807, 2.05) is 20.8 Å². The van der Waals surface area contributed by atoms with E-state index in [0.717, 1.165) is 12.8 Å². The summed E-state index contributed by atoms with van der Waals surface area (Å²) in [6, 6.07) is 0.0258. The number of aryl methyl sites for hydroxylation is 1. The quantitative estimate of drug-likeness (QED) is 0.881. The number of nitrogens with zero attached hydrogens (tertiary/aromatic N) is 2. The lowest BCUT2D eigenvalue weighted by Crippen LogP contribution is -2.49. The van der Waals surface area contributed by atoms with Crippen molar-refractivity contribution in [2.75, 3.05) is 13.2 Å². The molecule has 1 atom stereocenters. The molecule has 7 heteroatoms. The Morgan fingerprint density at radius 1 is 1.50 bits per heavy atom. The van der Waals surface area contributed by atoms with Gasteiger partial charge >= 0.3 is 5.69 Å². The highest BCUT2D eigenvalue weighted by Crippen LogP contribution is 2.27. The molecule has 0 saturated carbocycles. The molecule has 0 radical (unpaired) electrons. The van der Waals surface area contributed by atoms with Crippen LogP contribution in [0.15, 0.2) is 15.8 Å². The number of aromatic nitrogens is 2. The molecule has 2 heterocycles. The molecule has 0 aliphatic carbocycles. The van der Waals surface area contributed by atoms with Crippen molar-refractivity contribution >= 4 is 5.91 Å². The first-order valence-electron chi connectivity index (χ1n) is 7.50. The average Bonchev–Trinajstić information content (AvgIpc) is 2.42. The van der Waals surface area contributed by atoms with Crippen LogP contribution in [0.5, 0.6) is 0 Å². The van der Waals surface area contributed by atoms with Crippen LogP contribution in [0, 0.1) is 0 Å². The molecule has 1 aliphatic heterocycles. The smallest absolute Gasteiger partial charge is 0.328 e. The van der Waals surface area contributed by atoms with Gasteiger partial charge in [0.05, 0.1) is 5.60 Å². The van der Waals surface area contributed by atoms with Gasteiger partial charge in [-0.1, -0.05) is 0 Å². The molecule has 7 nitrogen and oxygen atoms in total. The number of carbonyl (C=O) groups is 1. The number of aromatic amines is 1. The minimum Gasteiger partial charge on any atom is -0.375 e. The predicted molar refractivity (Wildman–Crippen MR) is 82.1 cm³/mol. The van der Waals surface area contributed by atoms with E-state index in [9.17, 15) is 14.4 Å². The van der Waals surface area contributed by atoms with Gasteiger partial charge in [0.15, 0.2) is 0 Å². The van der Waals surface area contributed by atoms with Gasteiger partial charge in [-0.05, 0) is 33.6 Å². The van der Waals surface area contributed by atoms with E-state index in [2.05, 4.69) is 4.98 Å². The van der Waals surface area contributed by atoms with Crippen molar-refractivity contribution in [1.82, 2.24) is 14.5 Å². The van der Waals surface area contributed by atoms with Crippen LogP contribution in [0.3, 0.4) is 0 Å². The third-order valence-corrected chi connectivity index (χ3v) is 4.05. The van der Waals surface area contributed by atoms with Crippen molar-refractivity contribution in [1.29, 1.82) is 0 Å². The van der Waals surface area contributed by atoms with E-state index < -0.39 is 11.2 Å². The summed E-state index contributed by atoms with van der Waals surface area (Å²) in [6.07, 6.45) is 2.76. The van der Waals surface area contributed by atoms with Gasteiger partial charge in [0, 0.05) is 32.4 Å². The summed E-state index contributed by atoms with van der Waals surface area (Å²) in [6.45, 7) is 6.97. The zero-order valence-electron chi connectivity index (χ0n) is 13.5. The van der Waals surface area contributed by atoms with Crippen LogP contribution in [0.2, 0.25) is 0 Å². The van der Waals surface area contributed by atoms with Gasteiger partial charge in [-0.3, -0.25) is 14.6 Å². The Hall–Kier alpha value is -1.89. The molecule has 1 aromatic rings. The van der Waals surface area contributed by atoms with E-state index in [1.54, 1.807) is 4.90 Å². The van der Waals surface area contributed by atoms with Crippen molar-refractivity contribution in [3.63, 3.8) is 0 Å². The fourth-order valence-electron chi connectivity index (χ4n) is 2.90. The van der Waals surface area contributed by atoms with E-state index >= 15 is 0 Å². The lowest BCUT2D eigenvalue weighted by atomic mass is 9.92. The first kappa shape index (κ1) is 16.5. The summed E-state index contributed by atoms with van der Waals surface area (Å²) < 4.78 is 6.89. The third kappa shape index (κ3) is 3.30. The van der Waals surface area contributed by atoms with Crippen molar-refractivity contribution in [2.24, 2.45) is 7.05 Å². The SMILES string of the molecule is CCN(C(=O)c1cn(C)c(=O)[nH]c1=O)[C@H]1CCOC(C)(C)C1. The second-order valence-electron chi connectivity index (χ2n) is 6.26. The van der Waals surface area contributed by atoms with E-state index in [-0.39, 0.29) is 23.1 Å². The highest BCUT2D eigenvalue weighted by molar-refractivity contribution is 5.93. The molecule has 0 bridgehead atoms. The second kappa shape index (κ2) is 6.08. The van der Waals surface area contributed by atoms with Crippen LogP contribution in [-0.4, -0.2) is 45.2 Å². The number of ether oxygens (including phenoxy) is 1. The van der Waals surface area contributed by atoms with Crippen molar-refractivity contribution in [3.05, 3.63) is 32.6 Å². The summed E-state index contributed by atoms with van der Waals surface area (Å²) in [5.41, 5.74) is -1.46. The summed E-state index contributed by atoms with van der Waals surface area (Å²) in [7, 11) is 1.50. The highest BCUT2D eigenvalue weighted by atomic mass is 16.5. The maximum absolute atomic E-state index is 12.7. The van der Waals surface area contributed by atoms with Crippen LogP contribution < -0.4 is 11.2 Å². The molecule has 1 saturated heterocycles. The van der Waals surface area contributed by atoms with E-state index in [0.29, 0.717) is 13.2 Å². The Labute approximate surface area is 128 Å². The Bertz CT molecular complexity index is 674. The first-order valence-corrected chi connectivity index (χ1v) is 7.50. The number of rotatable bonds is 3. The molecule has 0 unspecified atom stereocenters. The zero-order chi connectivity index (χ0) is 16.5. The second-order valence-corrected chi connectivity index (χ2v) is 6.26. The molecule has 1 aliphatic rings.